The highest BCUT2D eigenvalue weighted by Gasteiger charge is 2.20. The molecule has 0 amide bonds. The van der Waals surface area contributed by atoms with Gasteiger partial charge in [0.05, 0.1) is 12.1 Å². The molecule has 1 saturated heterocycles. The van der Waals surface area contributed by atoms with E-state index in [1.165, 1.54) is 11.1 Å². The molecule has 1 fully saturated rings. The summed E-state index contributed by atoms with van der Waals surface area (Å²) in [6.07, 6.45) is 1.77. The number of fused-ring (bicyclic) bond motifs is 1. The molecular formula is C18H21N5OS. The molecule has 3 N–H and O–H groups in total. The lowest BCUT2D eigenvalue weighted by Crippen LogP contribution is -2.44. The van der Waals surface area contributed by atoms with Gasteiger partial charge in [-0.15, -0.1) is 0 Å². The number of hydrogen-bond acceptors (Lipinski definition) is 4. The first kappa shape index (κ1) is 16.3. The first-order chi connectivity index (χ1) is 12.1. The van der Waals surface area contributed by atoms with E-state index in [0.717, 1.165) is 25.2 Å². The van der Waals surface area contributed by atoms with Crippen molar-refractivity contribution in [2.45, 2.75) is 12.6 Å². The zero-order chi connectivity index (χ0) is 17.4. The topological polar surface area (TPSA) is 68.8 Å². The summed E-state index contributed by atoms with van der Waals surface area (Å²) in [5.41, 5.74) is 3.70. The molecule has 1 aliphatic rings. The average molecular weight is 355 g/mol. The fraction of sp³-hybridized carbons (Fsp3) is 0.333. The molecule has 2 aromatic heterocycles. The van der Waals surface area contributed by atoms with Gasteiger partial charge in [0.25, 0.3) is 5.56 Å². The summed E-state index contributed by atoms with van der Waals surface area (Å²) >= 11 is 5.42. The van der Waals surface area contributed by atoms with E-state index in [1.54, 1.807) is 6.20 Å². The van der Waals surface area contributed by atoms with Crippen LogP contribution in [0.25, 0.3) is 11.0 Å². The Hall–Kier alpha value is -2.22. The van der Waals surface area contributed by atoms with Gasteiger partial charge in [0, 0.05) is 31.9 Å². The maximum atomic E-state index is 12.0. The zero-order valence-electron chi connectivity index (χ0n) is 14.1. The van der Waals surface area contributed by atoms with E-state index in [0.29, 0.717) is 22.9 Å². The summed E-state index contributed by atoms with van der Waals surface area (Å²) in [5.74, 6) is 0. The number of H-pyrrole nitrogens is 2. The van der Waals surface area contributed by atoms with Crippen molar-refractivity contribution in [2.24, 2.45) is 0 Å². The van der Waals surface area contributed by atoms with Crippen LogP contribution in [0.2, 0.25) is 0 Å². The molecule has 1 atom stereocenters. The highest BCUT2D eigenvalue weighted by molar-refractivity contribution is 7.71. The lowest BCUT2D eigenvalue weighted by molar-refractivity contribution is 0.240. The molecule has 25 heavy (non-hydrogen) atoms. The summed E-state index contributed by atoms with van der Waals surface area (Å²) in [4.78, 5) is 20.1. The number of piperazine rings is 1. The minimum absolute atomic E-state index is 0.176. The van der Waals surface area contributed by atoms with Crippen LogP contribution in [0.15, 0.2) is 41.3 Å². The van der Waals surface area contributed by atoms with E-state index in [2.05, 4.69) is 51.5 Å². The van der Waals surface area contributed by atoms with Crippen LogP contribution < -0.4 is 10.9 Å². The molecule has 0 spiro atoms. The quantitative estimate of drug-likeness (QED) is 0.629. The summed E-state index contributed by atoms with van der Waals surface area (Å²) < 4.78 is 2.43. The van der Waals surface area contributed by atoms with Crippen molar-refractivity contribution in [2.75, 3.05) is 26.7 Å². The molecule has 0 radical (unpaired) electrons. The summed E-state index contributed by atoms with van der Waals surface area (Å²) in [7, 11) is 2.15. The molecule has 3 heterocycles. The standard InChI is InChI=1S/C18H21N5OS/c1-22-9-8-19-14(11-22)13-5-3-2-4-12(13)10-23-15-6-7-20-16(15)17(24)21-18(23)25/h2-7,14,19-20H,8-11H2,1H3,(H,21,24,25). The van der Waals surface area contributed by atoms with Crippen molar-refractivity contribution < 1.29 is 0 Å². The third kappa shape index (κ3) is 3.06. The molecule has 1 unspecified atom stereocenters. The average Bonchev–Trinajstić information content (AvgIpc) is 3.09. The summed E-state index contributed by atoms with van der Waals surface area (Å²) in [6.45, 7) is 3.65. The number of nitrogens with one attached hydrogen (secondary N) is 3. The Kier molecular flexibility index (Phi) is 4.29. The normalized spacial score (nSPS) is 18.7. The fourth-order valence-electron chi connectivity index (χ4n) is 3.56. The van der Waals surface area contributed by atoms with Crippen LogP contribution in [0, 0.1) is 4.77 Å². The van der Waals surface area contributed by atoms with Crippen LogP contribution in [0.4, 0.5) is 0 Å². The van der Waals surface area contributed by atoms with Gasteiger partial charge in [-0.05, 0) is 36.5 Å². The van der Waals surface area contributed by atoms with Gasteiger partial charge >= 0.3 is 0 Å². The van der Waals surface area contributed by atoms with Crippen molar-refractivity contribution >= 4 is 23.3 Å². The minimum Gasteiger partial charge on any atom is -0.355 e. The second-order valence-corrected chi connectivity index (χ2v) is 6.94. The Balaban J connectivity index is 1.77. The van der Waals surface area contributed by atoms with Crippen molar-refractivity contribution in [3.63, 3.8) is 0 Å². The monoisotopic (exact) mass is 355 g/mol. The van der Waals surface area contributed by atoms with Crippen molar-refractivity contribution in [3.8, 4) is 0 Å². The Morgan fingerprint density at radius 1 is 1.28 bits per heavy atom. The molecule has 0 bridgehead atoms. The van der Waals surface area contributed by atoms with E-state index in [4.69, 9.17) is 12.2 Å². The smallest absolute Gasteiger partial charge is 0.276 e. The lowest BCUT2D eigenvalue weighted by Gasteiger charge is -2.32. The Morgan fingerprint density at radius 2 is 2.12 bits per heavy atom. The van der Waals surface area contributed by atoms with Gasteiger partial charge in [0.15, 0.2) is 4.77 Å². The number of likely N-dealkylation sites (N-methyl/N-ethyl adjacent to an activating group) is 1. The molecule has 0 aliphatic carbocycles. The zero-order valence-corrected chi connectivity index (χ0v) is 14.9. The highest BCUT2D eigenvalue weighted by Crippen LogP contribution is 2.22. The van der Waals surface area contributed by atoms with Crippen molar-refractivity contribution in [3.05, 3.63) is 62.8 Å². The SMILES string of the molecule is CN1CCNC(c2ccccc2Cn2c(=S)[nH]c(=O)c3[nH]ccc32)C1. The van der Waals surface area contributed by atoms with Crippen LogP contribution in [-0.4, -0.2) is 46.1 Å². The van der Waals surface area contributed by atoms with Crippen LogP contribution in [0.1, 0.15) is 17.2 Å². The minimum atomic E-state index is -0.176. The van der Waals surface area contributed by atoms with Crippen LogP contribution >= 0.6 is 12.2 Å². The highest BCUT2D eigenvalue weighted by atomic mass is 32.1. The third-order valence-electron chi connectivity index (χ3n) is 4.85. The van der Waals surface area contributed by atoms with Crippen molar-refractivity contribution in [1.82, 2.24) is 24.8 Å². The maximum Gasteiger partial charge on any atom is 0.276 e. The third-order valence-corrected chi connectivity index (χ3v) is 5.17. The first-order valence-corrected chi connectivity index (χ1v) is 8.84. The van der Waals surface area contributed by atoms with Crippen LogP contribution in [-0.2, 0) is 6.54 Å². The van der Waals surface area contributed by atoms with E-state index in [9.17, 15) is 4.79 Å². The fourth-order valence-corrected chi connectivity index (χ4v) is 3.81. The number of aromatic amines is 2. The number of aromatic nitrogens is 3. The molecular weight excluding hydrogens is 334 g/mol. The van der Waals surface area contributed by atoms with Gasteiger partial charge in [0.1, 0.15) is 5.52 Å². The predicted octanol–water partition coefficient (Wildman–Crippen LogP) is 2.01. The molecule has 6 nitrogen and oxygen atoms in total. The predicted molar refractivity (Wildman–Crippen MR) is 102 cm³/mol. The van der Waals surface area contributed by atoms with E-state index < -0.39 is 0 Å². The Labute approximate surface area is 150 Å². The molecule has 3 aromatic rings. The van der Waals surface area contributed by atoms with E-state index in [1.807, 2.05) is 10.6 Å². The van der Waals surface area contributed by atoms with Gasteiger partial charge in [-0.1, -0.05) is 24.3 Å². The molecule has 4 rings (SSSR count). The van der Waals surface area contributed by atoms with Gasteiger partial charge in [0.2, 0.25) is 0 Å². The number of nitrogens with zero attached hydrogens (tertiary/aromatic N) is 2. The van der Waals surface area contributed by atoms with Gasteiger partial charge in [-0.25, -0.2) is 0 Å². The van der Waals surface area contributed by atoms with Gasteiger partial charge in [-0.3, -0.25) is 9.78 Å². The molecule has 7 heteroatoms. The van der Waals surface area contributed by atoms with Crippen LogP contribution in [0.5, 0.6) is 0 Å². The second-order valence-electron chi connectivity index (χ2n) is 6.55. The van der Waals surface area contributed by atoms with E-state index >= 15 is 0 Å². The number of hydrogen-bond donors (Lipinski definition) is 3. The van der Waals surface area contributed by atoms with Crippen LogP contribution in [0.3, 0.4) is 0 Å². The van der Waals surface area contributed by atoms with Crippen molar-refractivity contribution in [1.29, 1.82) is 0 Å². The Bertz CT molecular complexity index is 1020. The van der Waals surface area contributed by atoms with E-state index in [-0.39, 0.29) is 5.56 Å². The lowest BCUT2D eigenvalue weighted by atomic mass is 9.98. The second kappa shape index (κ2) is 6.59. The maximum absolute atomic E-state index is 12.0. The largest absolute Gasteiger partial charge is 0.355 e. The molecule has 1 aliphatic heterocycles. The summed E-state index contributed by atoms with van der Waals surface area (Å²) in [6, 6.07) is 10.6. The first-order valence-electron chi connectivity index (χ1n) is 8.43. The van der Waals surface area contributed by atoms with Gasteiger partial charge < -0.3 is 19.8 Å². The number of benzene rings is 1. The van der Waals surface area contributed by atoms with Gasteiger partial charge in [-0.2, -0.15) is 0 Å². The molecule has 1 aromatic carbocycles. The molecule has 130 valence electrons. The molecule has 0 saturated carbocycles. The Morgan fingerprint density at radius 3 is 2.96 bits per heavy atom. The summed E-state index contributed by atoms with van der Waals surface area (Å²) in [5, 5.41) is 3.61. The number of rotatable bonds is 3.